The number of rotatable bonds is 7. The van der Waals surface area contributed by atoms with Gasteiger partial charge in [0.1, 0.15) is 5.52 Å². The van der Waals surface area contributed by atoms with E-state index in [9.17, 15) is 0 Å². The van der Waals surface area contributed by atoms with Crippen molar-refractivity contribution in [2.75, 3.05) is 23.4 Å². The summed E-state index contributed by atoms with van der Waals surface area (Å²) < 4.78 is 5.76. The molecule has 0 unspecified atom stereocenters. The maximum Gasteiger partial charge on any atom is 0.198 e. The molecule has 1 fully saturated rings. The van der Waals surface area contributed by atoms with Crippen molar-refractivity contribution in [3.8, 4) is 0 Å². The van der Waals surface area contributed by atoms with E-state index in [2.05, 4.69) is 29.4 Å². The first kappa shape index (κ1) is 12.9. The molecule has 1 aliphatic carbocycles. The predicted molar refractivity (Wildman–Crippen MR) is 82.1 cm³/mol. The number of aromatic nitrogens is 1. The number of nitrogens with one attached hydrogen (secondary N) is 1. The smallest absolute Gasteiger partial charge is 0.198 e. The van der Waals surface area contributed by atoms with Gasteiger partial charge in [0.15, 0.2) is 11.5 Å². The summed E-state index contributed by atoms with van der Waals surface area (Å²) in [6, 6.07) is 6.20. The Hall–Kier alpha value is -1.16. The lowest BCUT2D eigenvalue weighted by Crippen LogP contribution is -2.02. The molecule has 0 bridgehead atoms. The van der Waals surface area contributed by atoms with Crippen molar-refractivity contribution in [3.63, 3.8) is 0 Å². The summed E-state index contributed by atoms with van der Waals surface area (Å²) in [7, 11) is 0. The molecule has 0 aliphatic heterocycles. The van der Waals surface area contributed by atoms with Gasteiger partial charge in [-0.1, -0.05) is 6.92 Å². The Morgan fingerprint density at radius 1 is 1.42 bits per heavy atom. The van der Waals surface area contributed by atoms with Gasteiger partial charge in [-0.3, -0.25) is 0 Å². The minimum atomic E-state index is 0.579. The van der Waals surface area contributed by atoms with E-state index >= 15 is 0 Å². The summed E-state index contributed by atoms with van der Waals surface area (Å²) in [5, 5.41) is 3.45. The highest BCUT2D eigenvalue weighted by Gasteiger charge is 2.28. The molecule has 1 heterocycles. The average molecular weight is 276 g/mol. The van der Waals surface area contributed by atoms with Gasteiger partial charge in [-0.2, -0.15) is 11.8 Å². The molecule has 0 amide bonds. The molecule has 0 saturated heterocycles. The van der Waals surface area contributed by atoms with Crippen molar-refractivity contribution in [1.29, 1.82) is 0 Å². The van der Waals surface area contributed by atoms with Gasteiger partial charge in [0, 0.05) is 18.2 Å². The van der Waals surface area contributed by atoms with Crippen LogP contribution in [0.25, 0.3) is 11.1 Å². The molecule has 0 spiro atoms. The van der Waals surface area contributed by atoms with E-state index in [0.29, 0.717) is 5.92 Å². The quantitative estimate of drug-likeness (QED) is 0.767. The summed E-state index contributed by atoms with van der Waals surface area (Å²) in [5.74, 6) is 3.93. The lowest BCUT2D eigenvalue weighted by molar-refractivity contribution is 0.533. The molecule has 3 nitrogen and oxygen atoms in total. The highest BCUT2D eigenvalue weighted by Crippen LogP contribution is 2.40. The summed E-state index contributed by atoms with van der Waals surface area (Å²) in [6.07, 6.45) is 3.66. The van der Waals surface area contributed by atoms with Crippen LogP contribution in [-0.4, -0.2) is 23.0 Å². The van der Waals surface area contributed by atoms with Crippen molar-refractivity contribution in [3.05, 3.63) is 24.1 Å². The molecule has 2 aromatic rings. The monoisotopic (exact) mass is 276 g/mol. The van der Waals surface area contributed by atoms with Crippen molar-refractivity contribution >= 4 is 28.5 Å². The first-order chi connectivity index (χ1) is 9.36. The first-order valence-corrected chi connectivity index (χ1v) is 8.24. The van der Waals surface area contributed by atoms with Crippen molar-refractivity contribution < 1.29 is 4.42 Å². The van der Waals surface area contributed by atoms with Gasteiger partial charge in [0.25, 0.3) is 0 Å². The van der Waals surface area contributed by atoms with Gasteiger partial charge in [-0.05, 0) is 49.0 Å². The number of hydrogen-bond donors (Lipinski definition) is 1. The van der Waals surface area contributed by atoms with E-state index in [1.165, 1.54) is 30.8 Å². The second kappa shape index (κ2) is 5.87. The Balaban J connectivity index is 1.60. The highest BCUT2D eigenvalue weighted by atomic mass is 32.2. The van der Waals surface area contributed by atoms with Gasteiger partial charge in [0.05, 0.1) is 0 Å². The molecule has 4 heteroatoms. The zero-order valence-electron chi connectivity index (χ0n) is 11.3. The average Bonchev–Trinajstić information content (AvgIpc) is 3.18. The number of nitrogens with zero attached hydrogens (tertiary/aromatic N) is 1. The second-order valence-corrected chi connectivity index (χ2v) is 6.38. The Morgan fingerprint density at radius 2 is 2.32 bits per heavy atom. The fourth-order valence-electron chi connectivity index (χ4n) is 2.11. The van der Waals surface area contributed by atoms with Crippen LogP contribution in [0.15, 0.2) is 22.6 Å². The van der Waals surface area contributed by atoms with Crippen molar-refractivity contribution in [1.82, 2.24) is 4.98 Å². The number of hydrogen-bond acceptors (Lipinski definition) is 4. The molecule has 19 heavy (non-hydrogen) atoms. The van der Waals surface area contributed by atoms with Crippen LogP contribution in [0, 0.1) is 0 Å². The zero-order chi connectivity index (χ0) is 13.1. The van der Waals surface area contributed by atoms with Crippen LogP contribution in [0.1, 0.15) is 38.0 Å². The normalized spacial score (nSPS) is 15.0. The number of oxazole rings is 1. The molecule has 1 aromatic carbocycles. The molecule has 102 valence electrons. The van der Waals surface area contributed by atoms with Gasteiger partial charge < -0.3 is 9.73 Å². The van der Waals surface area contributed by atoms with Gasteiger partial charge in [-0.15, -0.1) is 0 Å². The third kappa shape index (κ3) is 3.24. The predicted octanol–water partition coefficient (Wildman–Crippen LogP) is 4.26. The maximum atomic E-state index is 5.76. The minimum Gasteiger partial charge on any atom is -0.440 e. The summed E-state index contributed by atoms with van der Waals surface area (Å²) in [4.78, 5) is 4.58. The molecule has 0 radical (unpaired) electrons. The van der Waals surface area contributed by atoms with E-state index in [1.54, 1.807) is 0 Å². The maximum absolute atomic E-state index is 5.76. The topological polar surface area (TPSA) is 38.1 Å². The molecular weight excluding hydrogens is 256 g/mol. The van der Waals surface area contributed by atoms with E-state index in [0.717, 1.165) is 29.2 Å². The Morgan fingerprint density at radius 3 is 3.11 bits per heavy atom. The SMILES string of the molecule is CCSCCCNc1ccc2oc(C3CC3)nc2c1. The van der Waals surface area contributed by atoms with E-state index in [1.807, 2.05) is 17.8 Å². The van der Waals surface area contributed by atoms with E-state index < -0.39 is 0 Å². The zero-order valence-corrected chi connectivity index (χ0v) is 12.1. The molecule has 1 aliphatic rings. The molecule has 0 atom stereocenters. The van der Waals surface area contributed by atoms with Crippen molar-refractivity contribution in [2.24, 2.45) is 0 Å². The molecule has 1 N–H and O–H groups in total. The lowest BCUT2D eigenvalue weighted by Gasteiger charge is -2.05. The van der Waals surface area contributed by atoms with Gasteiger partial charge >= 0.3 is 0 Å². The number of anilines is 1. The lowest BCUT2D eigenvalue weighted by atomic mass is 10.3. The van der Waals surface area contributed by atoms with Crippen LogP contribution in [0.2, 0.25) is 0 Å². The first-order valence-electron chi connectivity index (χ1n) is 7.09. The third-order valence-electron chi connectivity index (χ3n) is 3.33. The van der Waals surface area contributed by atoms with Crippen LogP contribution >= 0.6 is 11.8 Å². The minimum absolute atomic E-state index is 0.579. The standard InChI is InChI=1S/C15H20N2OS/c1-2-19-9-3-8-16-12-6-7-14-13(10-12)17-15(18-14)11-4-5-11/h6-7,10-11,16H,2-5,8-9H2,1H3. The molecule has 1 aromatic heterocycles. The summed E-state index contributed by atoms with van der Waals surface area (Å²) >= 11 is 1.99. The molecule has 1 saturated carbocycles. The fraction of sp³-hybridized carbons (Fsp3) is 0.533. The van der Waals surface area contributed by atoms with Crippen LogP contribution in [0.4, 0.5) is 5.69 Å². The van der Waals surface area contributed by atoms with E-state index in [4.69, 9.17) is 4.42 Å². The fourth-order valence-corrected chi connectivity index (χ4v) is 2.75. The van der Waals surface area contributed by atoms with E-state index in [-0.39, 0.29) is 0 Å². The number of thioether (sulfide) groups is 1. The summed E-state index contributed by atoms with van der Waals surface area (Å²) in [6.45, 7) is 3.22. The van der Waals surface area contributed by atoms with Gasteiger partial charge in [-0.25, -0.2) is 4.98 Å². The number of fused-ring (bicyclic) bond motifs is 1. The number of benzene rings is 1. The third-order valence-corrected chi connectivity index (χ3v) is 4.31. The Bertz CT molecular complexity index is 548. The van der Waals surface area contributed by atoms with Crippen LogP contribution in [0.5, 0.6) is 0 Å². The largest absolute Gasteiger partial charge is 0.440 e. The van der Waals surface area contributed by atoms with Crippen molar-refractivity contribution in [2.45, 2.75) is 32.1 Å². The van der Waals surface area contributed by atoms with Crippen LogP contribution in [0.3, 0.4) is 0 Å². The second-order valence-electron chi connectivity index (χ2n) is 4.99. The Labute approximate surface area is 118 Å². The highest BCUT2D eigenvalue weighted by molar-refractivity contribution is 7.99. The summed E-state index contributed by atoms with van der Waals surface area (Å²) in [5.41, 5.74) is 3.04. The molecule has 3 rings (SSSR count). The van der Waals surface area contributed by atoms with Crippen LogP contribution < -0.4 is 5.32 Å². The van der Waals surface area contributed by atoms with Crippen LogP contribution in [-0.2, 0) is 0 Å². The van der Waals surface area contributed by atoms with Gasteiger partial charge in [0.2, 0.25) is 0 Å². The Kier molecular flexibility index (Phi) is 3.97. The molecular formula is C15H20N2OS.